The van der Waals surface area contributed by atoms with Gasteiger partial charge in [0.1, 0.15) is 5.52 Å². The van der Waals surface area contributed by atoms with Crippen molar-refractivity contribution in [3.8, 4) is 0 Å². The number of hydrogen-bond acceptors (Lipinski definition) is 6. The van der Waals surface area contributed by atoms with Crippen LogP contribution in [0.3, 0.4) is 0 Å². The Morgan fingerprint density at radius 2 is 1.86 bits per heavy atom. The van der Waals surface area contributed by atoms with Crippen molar-refractivity contribution in [1.82, 2.24) is 19.9 Å². The van der Waals surface area contributed by atoms with Gasteiger partial charge in [-0.1, -0.05) is 47.7 Å². The van der Waals surface area contributed by atoms with E-state index in [9.17, 15) is 14.4 Å². The van der Waals surface area contributed by atoms with Crippen molar-refractivity contribution >= 4 is 22.8 Å². The van der Waals surface area contributed by atoms with Crippen LogP contribution in [0.1, 0.15) is 24.9 Å². The second-order valence-electron chi connectivity index (χ2n) is 7.04. The number of nitrogens with zero attached hydrogens (tertiary/aromatic N) is 4. The van der Waals surface area contributed by atoms with Crippen LogP contribution in [-0.2, 0) is 21.1 Å². The Hall–Kier alpha value is -3.55. The number of likely N-dealkylation sites (tertiary alicyclic amines) is 1. The summed E-state index contributed by atoms with van der Waals surface area (Å²) in [7, 11) is 0. The molecule has 4 rings (SSSR count). The Kier molecular flexibility index (Phi) is 5.07. The fourth-order valence-corrected chi connectivity index (χ4v) is 3.53. The zero-order valence-electron chi connectivity index (χ0n) is 15.9. The van der Waals surface area contributed by atoms with E-state index in [0.717, 1.165) is 10.2 Å². The molecule has 1 aliphatic rings. The van der Waals surface area contributed by atoms with Gasteiger partial charge in [-0.05, 0) is 24.6 Å². The van der Waals surface area contributed by atoms with Crippen LogP contribution in [0.25, 0.3) is 10.9 Å². The summed E-state index contributed by atoms with van der Waals surface area (Å²) in [5, 5.41) is 8.16. The molecule has 29 heavy (non-hydrogen) atoms. The van der Waals surface area contributed by atoms with E-state index in [1.54, 1.807) is 29.2 Å². The number of aromatic nitrogens is 3. The van der Waals surface area contributed by atoms with Crippen LogP contribution < -0.4 is 5.56 Å². The third-order valence-electron chi connectivity index (χ3n) is 5.20. The second kappa shape index (κ2) is 7.83. The monoisotopic (exact) mass is 392 g/mol. The average Bonchev–Trinajstić information content (AvgIpc) is 3.15. The lowest BCUT2D eigenvalue weighted by atomic mass is 10.1. The smallest absolute Gasteiger partial charge is 0.313 e. The number of amides is 1. The number of benzene rings is 2. The van der Waals surface area contributed by atoms with Gasteiger partial charge >= 0.3 is 5.97 Å². The number of carbonyl (C=O) groups is 2. The number of carbonyl (C=O) groups excluding carboxylic acids is 2. The first-order valence-corrected chi connectivity index (χ1v) is 9.38. The van der Waals surface area contributed by atoms with Gasteiger partial charge in [-0.15, -0.1) is 5.10 Å². The Balaban J connectivity index is 1.41. The van der Waals surface area contributed by atoms with E-state index in [-0.39, 0.29) is 37.2 Å². The van der Waals surface area contributed by atoms with Crippen LogP contribution in [-0.4, -0.2) is 38.3 Å². The van der Waals surface area contributed by atoms with E-state index in [2.05, 4.69) is 10.3 Å². The molecule has 0 bridgehead atoms. The Morgan fingerprint density at radius 1 is 1.14 bits per heavy atom. The normalized spacial score (nSPS) is 17.5. The summed E-state index contributed by atoms with van der Waals surface area (Å²) in [6, 6.07) is 16.4. The predicted molar refractivity (Wildman–Crippen MR) is 105 cm³/mol. The first kappa shape index (κ1) is 18.8. The molecular formula is C21H20N4O4. The zero-order chi connectivity index (χ0) is 20.4. The summed E-state index contributed by atoms with van der Waals surface area (Å²) in [5.41, 5.74) is 1.10. The van der Waals surface area contributed by atoms with Crippen LogP contribution in [0.4, 0.5) is 0 Å². The van der Waals surface area contributed by atoms with E-state index in [4.69, 9.17) is 4.74 Å². The maximum atomic E-state index is 12.5. The molecule has 0 unspecified atom stereocenters. The Bertz CT molecular complexity index is 1110. The van der Waals surface area contributed by atoms with Gasteiger partial charge in [-0.2, -0.15) is 4.68 Å². The summed E-state index contributed by atoms with van der Waals surface area (Å²) in [4.78, 5) is 39.0. The van der Waals surface area contributed by atoms with Crippen LogP contribution in [0.2, 0.25) is 0 Å². The second-order valence-corrected chi connectivity index (χ2v) is 7.04. The lowest BCUT2D eigenvalue weighted by Crippen LogP contribution is -2.31. The highest BCUT2D eigenvalue weighted by Crippen LogP contribution is 2.29. The molecule has 2 atom stereocenters. The topological polar surface area (TPSA) is 94.4 Å². The summed E-state index contributed by atoms with van der Waals surface area (Å²) >= 11 is 0. The number of rotatable bonds is 5. The number of ether oxygens (including phenoxy) is 1. The Labute approximate surface area is 166 Å². The SMILES string of the molecule is C[C@H](c1ccccc1)N1C[C@@H](C(=O)OCn2nnc3ccccc3c2=O)CC1=O. The molecule has 0 radical (unpaired) electrons. The summed E-state index contributed by atoms with van der Waals surface area (Å²) in [6.07, 6.45) is 0.0916. The highest BCUT2D eigenvalue weighted by atomic mass is 16.5. The van der Waals surface area contributed by atoms with Crippen LogP contribution in [0.15, 0.2) is 59.4 Å². The fraction of sp³-hybridized carbons (Fsp3) is 0.286. The molecule has 1 fully saturated rings. The summed E-state index contributed by atoms with van der Waals surface area (Å²) in [5.74, 6) is -1.19. The molecular weight excluding hydrogens is 372 g/mol. The Morgan fingerprint density at radius 3 is 2.66 bits per heavy atom. The van der Waals surface area contributed by atoms with Gasteiger partial charge in [-0.3, -0.25) is 14.4 Å². The fourth-order valence-electron chi connectivity index (χ4n) is 3.53. The van der Waals surface area contributed by atoms with Crippen molar-refractivity contribution in [2.45, 2.75) is 26.1 Å². The highest BCUT2D eigenvalue weighted by molar-refractivity contribution is 5.87. The third-order valence-corrected chi connectivity index (χ3v) is 5.20. The quantitative estimate of drug-likeness (QED) is 0.616. The van der Waals surface area contributed by atoms with E-state index >= 15 is 0 Å². The number of esters is 1. The molecule has 1 aliphatic heterocycles. The molecule has 8 nitrogen and oxygen atoms in total. The summed E-state index contributed by atoms with van der Waals surface area (Å²) < 4.78 is 6.27. The van der Waals surface area contributed by atoms with Gasteiger partial charge in [0.25, 0.3) is 5.56 Å². The van der Waals surface area contributed by atoms with Gasteiger partial charge in [0, 0.05) is 13.0 Å². The molecule has 148 valence electrons. The van der Waals surface area contributed by atoms with E-state index in [1.807, 2.05) is 37.3 Å². The van der Waals surface area contributed by atoms with Crippen LogP contribution >= 0.6 is 0 Å². The predicted octanol–water partition coefficient (Wildman–Crippen LogP) is 1.90. The molecule has 1 saturated heterocycles. The minimum absolute atomic E-state index is 0.0916. The van der Waals surface area contributed by atoms with Crippen molar-refractivity contribution in [3.05, 3.63) is 70.5 Å². The zero-order valence-corrected chi connectivity index (χ0v) is 15.9. The highest BCUT2D eigenvalue weighted by Gasteiger charge is 2.38. The first-order chi connectivity index (χ1) is 14.0. The standard InChI is InChI=1S/C21H20N4O4/c1-14(15-7-3-2-4-8-15)24-12-16(11-19(24)26)21(28)29-13-25-20(27)17-9-5-6-10-18(17)22-23-25/h2-10,14,16H,11-13H2,1H3/t14-,16+/m1/s1. The van der Waals surface area contributed by atoms with Crippen molar-refractivity contribution in [2.75, 3.05) is 6.54 Å². The number of fused-ring (bicyclic) bond motifs is 1. The molecule has 8 heteroatoms. The van der Waals surface area contributed by atoms with Gasteiger partial charge in [0.05, 0.1) is 17.3 Å². The van der Waals surface area contributed by atoms with Crippen molar-refractivity contribution in [2.24, 2.45) is 5.92 Å². The lowest BCUT2D eigenvalue weighted by molar-refractivity contribution is -0.152. The van der Waals surface area contributed by atoms with Crippen molar-refractivity contribution in [3.63, 3.8) is 0 Å². The maximum absolute atomic E-state index is 12.5. The molecule has 0 spiro atoms. The van der Waals surface area contributed by atoms with Crippen molar-refractivity contribution < 1.29 is 14.3 Å². The van der Waals surface area contributed by atoms with Crippen LogP contribution in [0, 0.1) is 5.92 Å². The third kappa shape index (κ3) is 3.73. The average molecular weight is 392 g/mol. The summed E-state index contributed by atoms with van der Waals surface area (Å²) in [6.45, 7) is 1.88. The van der Waals surface area contributed by atoms with Gasteiger partial charge in [0.2, 0.25) is 5.91 Å². The molecule has 2 heterocycles. The van der Waals surface area contributed by atoms with Crippen molar-refractivity contribution in [1.29, 1.82) is 0 Å². The van der Waals surface area contributed by atoms with Gasteiger partial charge in [0.15, 0.2) is 6.73 Å². The van der Waals surface area contributed by atoms with Gasteiger partial charge in [-0.25, -0.2) is 0 Å². The minimum Gasteiger partial charge on any atom is -0.442 e. The largest absolute Gasteiger partial charge is 0.442 e. The maximum Gasteiger partial charge on any atom is 0.313 e. The van der Waals surface area contributed by atoms with E-state index in [1.165, 1.54) is 0 Å². The minimum atomic E-state index is -0.572. The molecule has 0 N–H and O–H groups in total. The molecule has 0 aliphatic carbocycles. The molecule has 1 amide bonds. The number of hydrogen-bond donors (Lipinski definition) is 0. The first-order valence-electron chi connectivity index (χ1n) is 9.38. The molecule has 0 saturated carbocycles. The molecule has 3 aromatic rings. The van der Waals surface area contributed by atoms with Crippen LogP contribution in [0.5, 0.6) is 0 Å². The van der Waals surface area contributed by atoms with E-state index < -0.39 is 11.9 Å². The molecule has 1 aromatic heterocycles. The lowest BCUT2D eigenvalue weighted by Gasteiger charge is -2.25. The van der Waals surface area contributed by atoms with E-state index in [0.29, 0.717) is 10.9 Å². The molecule has 2 aromatic carbocycles. The van der Waals surface area contributed by atoms with Gasteiger partial charge < -0.3 is 9.64 Å².